The van der Waals surface area contributed by atoms with Gasteiger partial charge in [-0.1, -0.05) is 23.6 Å². The van der Waals surface area contributed by atoms with E-state index in [1.807, 2.05) is 12.1 Å². The van der Waals surface area contributed by atoms with E-state index in [0.717, 1.165) is 5.69 Å². The summed E-state index contributed by atoms with van der Waals surface area (Å²) >= 11 is 6.25. The molecule has 1 aromatic carbocycles. The number of nitriles is 2. The normalized spacial score (nSPS) is 11.6. The number of thiazole rings is 1. The number of carbonyl (C=O) groups excluding carboxylic acids is 1. The molecule has 2 aromatic rings. The summed E-state index contributed by atoms with van der Waals surface area (Å²) in [6.07, 6.45) is 0. The summed E-state index contributed by atoms with van der Waals surface area (Å²) in [7, 11) is 0. The molecule has 1 aromatic heterocycles. The van der Waals surface area contributed by atoms with Gasteiger partial charge in [0.25, 0.3) is 0 Å². The number of nitrogens with zero attached hydrogens (tertiary/aromatic N) is 3. The number of ether oxygens (including phenoxy) is 1. The van der Waals surface area contributed by atoms with Crippen molar-refractivity contribution in [2.24, 2.45) is 5.73 Å². The van der Waals surface area contributed by atoms with Crippen LogP contribution in [0, 0.1) is 29.6 Å². The molecule has 0 bridgehead atoms. The highest BCUT2D eigenvalue weighted by molar-refractivity contribution is 7.82. The van der Waals surface area contributed by atoms with E-state index in [4.69, 9.17) is 44.7 Å². The molecule has 0 fully saturated rings. The zero-order valence-corrected chi connectivity index (χ0v) is 18.4. The van der Waals surface area contributed by atoms with Gasteiger partial charge in [-0.05, 0) is 32.0 Å². The van der Waals surface area contributed by atoms with Crippen LogP contribution >= 0.6 is 23.6 Å². The number of hydrogen-bond donors (Lipinski definition) is 5. The lowest BCUT2D eigenvalue weighted by atomic mass is 10.0. The zero-order chi connectivity index (χ0) is 23.1. The number of carbonyl (C=O) groups is 1. The maximum atomic E-state index is 11.6. The van der Waals surface area contributed by atoms with Gasteiger partial charge in [-0.25, -0.2) is 9.78 Å². The van der Waals surface area contributed by atoms with E-state index >= 15 is 0 Å². The van der Waals surface area contributed by atoms with Gasteiger partial charge in [-0.3, -0.25) is 5.43 Å². The first-order chi connectivity index (χ1) is 14.7. The fraction of sp³-hybridized carbons (Fsp3) is 0.211. The molecular formula is C19H20N8O2S2. The van der Waals surface area contributed by atoms with Crippen LogP contribution < -0.4 is 28.1 Å². The Morgan fingerprint density at radius 2 is 1.97 bits per heavy atom. The second-order valence-corrected chi connectivity index (χ2v) is 7.56. The van der Waals surface area contributed by atoms with E-state index in [2.05, 4.69) is 15.8 Å². The average molecular weight is 457 g/mol. The third-order valence-corrected chi connectivity index (χ3v) is 5.39. The van der Waals surface area contributed by atoms with Crippen LogP contribution in [-0.4, -0.2) is 22.4 Å². The maximum absolute atomic E-state index is 11.6. The van der Waals surface area contributed by atoms with E-state index in [1.54, 1.807) is 32.0 Å². The SMILES string of the molecule is CCOC(=O)C(=S)C1=C(N)c2cc(N)ccc2NN1.Cc1nc(C(C#N)C#N)sc1N. The Morgan fingerprint density at radius 1 is 1.29 bits per heavy atom. The van der Waals surface area contributed by atoms with Crippen LogP contribution in [0.3, 0.4) is 0 Å². The van der Waals surface area contributed by atoms with Crippen LogP contribution in [0.25, 0.3) is 5.70 Å². The Hall–Kier alpha value is -3.87. The highest BCUT2D eigenvalue weighted by atomic mass is 32.1. The van der Waals surface area contributed by atoms with Crippen molar-refractivity contribution in [1.82, 2.24) is 10.4 Å². The third kappa shape index (κ3) is 5.39. The summed E-state index contributed by atoms with van der Waals surface area (Å²) in [6, 6.07) is 8.93. The molecule has 0 atom stereocenters. The van der Waals surface area contributed by atoms with Gasteiger partial charge >= 0.3 is 5.97 Å². The van der Waals surface area contributed by atoms with Gasteiger partial charge in [0.15, 0.2) is 5.92 Å². The monoisotopic (exact) mass is 456 g/mol. The molecule has 2 heterocycles. The molecule has 12 heteroatoms. The van der Waals surface area contributed by atoms with E-state index in [1.165, 1.54) is 11.3 Å². The minimum Gasteiger partial charge on any atom is -0.462 e. The van der Waals surface area contributed by atoms with Crippen molar-refractivity contribution in [1.29, 1.82) is 10.5 Å². The standard InChI is InChI=1S/C12H14N4O2S.C7H6N4S/c1-2-18-12(17)11(19)10-9(14)7-5-6(13)3-4-8(7)15-16-10;1-4-6(10)12-7(11-4)5(2-8)3-9/h3-5,15-16H,2,13-14H2,1H3;5H,10H2,1H3. The fourth-order valence-electron chi connectivity index (χ4n) is 2.40. The minimum absolute atomic E-state index is 0.0000699. The Balaban J connectivity index is 0.000000245. The molecule has 0 unspecified atom stereocenters. The summed E-state index contributed by atoms with van der Waals surface area (Å²) in [5.74, 6) is -1.37. The zero-order valence-electron chi connectivity index (χ0n) is 16.7. The van der Waals surface area contributed by atoms with Crippen LogP contribution in [0.15, 0.2) is 23.9 Å². The summed E-state index contributed by atoms with van der Waals surface area (Å²) in [5, 5.41) is 18.1. The fourth-order valence-corrected chi connectivity index (χ4v) is 3.44. The van der Waals surface area contributed by atoms with Gasteiger partial charge < -0.3 is 27.4 Å². The topological polar surface area (TPSA) is 189 Å². The van der Waals surface area contributed by atoms with E-state index in [0.29, 0.717) is 38.3 Å². The number of aryl methyl sites for hydroxylation is 1. The number of benzene rings is 1. The van der Waals surface area contributed by atoms with Gasteiger partial charge in [0.2, 0.25) is 0 Å². The van der Waals surface area contributed by atoms with Crippen molar-refractivity contribution in [2.75, 3.05) is 23.5 Å². The van der Waals surface area contributed by atoms with Crippen molar-refractivity contribution >= 4 is 56.5 Å². The second-order valence-electron chi connectivity index (χ2n) is 6.09. The number of aromatic nitrogens is 1. The predicted octanol–water partition coefficient (Wildman–Crippen LogP) is 1.92. The van der Waals surface area contributed by atoms with E-state index < -0.39 is 11.9 Å². The Bertz CT molecular complexity index is 1090. The first-order valence-electron chi connectivity index (χ1n) is 8.88. The Labute approximate surface area is 188 Å². The highest BCUT2D eigenvalue weighted by Crippen LogP contribution is 2.28. The summed E-state index contributed by atoms with van der Waals surface area (Å²) < 4.78 is 4.85. The van der Waals surface area contributed by atoms with Gasteiger partial charge in [-0.15, -0.1) is 0 Å². The first-order valence-corrected chi connectivity index (χ1v) is 10.1. The van der Waals surface area contributed by atoms with Gasteiger partial charge in [0, 0.05) is 11.3 Å². The number of hydrazine groups is 1. The lowest BCUT2D eigenvalue weighted by Gasteiger charge is -2.24. The quantitative estimate of drug-likeness (QED) is 0.257. The van der Waals surface area contributed by atoms with Gasteiger partial charge in [0.05, 0.1) is 35.8 Å². The molecule has 8 N–H and O–H groups in total. The second kappa shape index (κ2) is 10.2. The number of hydrogen-bond acceptors (Lipinski definition) is 12. The first kappa shape index (κ1) is 23.4. The van der Waals surface area contributed by atoms with Crippen molar-refractivity contribution in [2.45, 2.75) is 19.8 Å². The molecule has 0 amide bonds. The minimum atomic E-state index is -0.786. The largest absolute Gasteiger partial charge is 0.462 e. The van der Waals surface area contributed by atoms with Crippen LogP contribution in [0.2, 0.25) is 0 Å². The molecule has 0 spiro atoms. The smallest absolute Gasteiger partial charge is 0.351 e. The van der Waals surface area contributed by atoms with Crippen LogP contribution in [0.5, 0.6) is 0 Å². The molecule has 0 saturated carbocycles. The maximum Gasteiger partial charge on any atom is 0.351 e. The van der Waals surface area contributed by atoms with Gasteiger partial charge in [0.1, 0.15) is 20.6 Å². The van der Waals surface area contributed by atoms with E-state index in [9.17, 15) is 4.79 Å². The number of fused-ring (bicyclic) bond motifs is 1. The van der Waals surface area contributed by atoms with Crippen molar-refractivity contribution in [3.8, 4) is 12.1 Å². The number of rotatable bonds is 4. The molecular weight excluding hydrogens is 436 g/mol. The highest BCUT2D eigenvalue weighted by Gasteiger charge is 2.24. The molecule has 0 saturated heterocycles. The van der Waals surface area contributed by atoms with Crippen molar-refractivity contribution in [3.05, 3.63) is 40.2 Å². The number of nitrogens with two attached hydrogens (primary N) is 3. The Kier molecular flexibility index (Phi) is 7.74. The van der Waals surface area contributed by atoms with Crippen molar-refractivity contribution in [3.63, 3.8) is 0 Å². The summed E-state index contributed by atoms with van der Waals surface area (Å²) in [6.45, 7) is 3.71. The lowest BCUT2D eigenvalue weighted by molar-refractivity contribution is -0.134. The number of esters is 1. The number of thiocarbonyl (C=S) groups is 1. The average Bonchev–Trinajstić information content (AvgIpc) is 3.08. The molecule has 0 aliphatic carbocycles. The molecule has 1 aliphatic heterocycles. The molecule has 160 valence electrons. The van der Waals surface area contributed by atoms with Crippen LogP contribution in [0.1, 0.15) is 29.1 Å². The number of nitrogens with one attached hydrogen (secondary N) is 2. The van der Waals surface area contributed by atoms with Crippen LogP contribution in [0.4, 0.5) is 16.4 Å². The lowest BCUT2D eigenvalue weighted by Crippen LogP contribution is -2.36. The number of anilines is 3. The Morgan fingerprint density at radius 3 is 2.52 bits per heavy atom. The summed E-state index contributed by atoms with van der Waals surface area (Å²) in [4.78, 5) is 15.6. The van der Waals surface area contributed by atoms with Crippen molar-refractivity contribution < 1.29 is 9.53 Å². The molecule has 0 radical (unpaired) electrons. The predicted molar refractivity (Wildman–Crippen MR) is 123 cm³/mol. The third-order valence-electron chi connectivity index (χ3n) is 3.97. The van der Waals surface area contributed by atoms with Gasteiger partial charge in [-0.2, -0.15) is 10.5 Å². The molecule has 3 rings (SSSR count). The summed E-state index contributed by atoms with van der Waals surface area (Å²) in [5.41, 5.74) is 26.4. The molecule has 10 nitrogen and oxygen atoms in total. The van der Waals surface area contributed by atoms with Crippen LogP contribution in [-0.2, 0) is 9.53 Å². The molecule has 1 aliphatic rings. The molecule has 31 heavy (non-hydrogen) atoms. The number of nitrogen functional groups attached to an aromatic ring is 2. The van der Waals surface area contributed by atoms with E-state index in [-0.39, 0.29) is 11.5 Å².